The van der Waals surface area contributed by atoms with E-state index in [2.05, 4.69) is 21.6 Å². The highest BCUT2D eigenvalue weighted by Gasteiger charge is 2.29. The Labute approximate surface area is 211 Å². The highest BCUT2D eigenvalue weighted by atomic mass is 35.5. The maximum atomic E-state index is 10.1. The van der Waals surface area contributed by atoms with E-state index in [4.69, 9.17) is 28.3 Å². The number of pyridine rings is 1. The number of aromatic nitrogens is 1. The predicted molar refractivity (Wildman–Crippen MR) is 133 cm³/mol. The second-order valence-corrected chi connectivity index (χ2v) is 8.39. The summed E-state index contributed by atoms with van der Waals surface area (Å²) in [7, 11) is 0. The third kappa shape index (κ3) is 6.54. The van der Waals surface area contributed by atoms with E-state index >= 15 is 0 Å². The molecule has 1 heterocycles. The van der Waals surface area contributed by atoms with Gasteiger partial charge in [0.15, 0.2) is 5.82 Å². The summed E-state index contributed by atoms with van der Waals surface area (Å²) < 4.78 is 0. The molecule has 0 aliphatic carbocycles. The molecule has 3 aromatic rings. The average Bonchev–Trinajstić information content (AvgIpc) is 2.87. The van der Waals surface area contributed by atoms with E-state index in [1.54, 1.807) is 54.6 Å². The monoisotopic (exact) mass is 516 g/mol. The molecule has 0 spiro atoms. The molecule has 2 aromatic carbocycles. The molecule has 0 amide bonds. The topological polar surface area (TPSA) is 162 Å². The van der Waals surface area contributed by atoms with Crippen LogP contribution < -0.4 is 5.43 Å². The first kappa shape index (κ1) is 26.5. The van der Waals surface area contributed by atoms with Crippen molar-refractivity contribution in [2.24, 2.45) is 5.10 Å². The summed E-state index contributed by atoms with van der Waals surface area (Å²) in [5, 5.41) is 62.8. The van der Waals surface area contributed by atoms with E-state index in [1.807, 2.05) is 0 Å². The molecular weight excluding hydrogens is 495 g/mol. The van der Waals surface area contributed by atoms with E-state index in [0.717, 1.165) is 11.8 Å². The maximum absolute atomic E-state index is 10.1. The van der Waals surface area contributed by atoms with Crippen LogP contribution in [0.2, 0.25) is 10.0 Å². The molecule has 0 aliphatic rings. The van der Waals surface area contributed by atoms with Crippen LogP contribution >= 0.6 is 23.2 Å². The van der Waals surface area contributed by atoms with Crippen LogP contribution in [-0.2, 0) is 0 Å². The van der Waals surface area contributed by atoms with Crippen molar-refractivity contribution < 1.29 is 25.5 Å². The van der Waals surface area contributed by atoms with Crippen molar-refractivity contribution in [2.45, 2.75) is 24.4 Å². The normalized spacial score (nSPS) is 14.8. The van der Waals surface area contributed by atoms with Gasteiger partial charge in [-0.2, -0.15) is 10.4 Å². The number of anilines is 1. The van der Waals surface area contributed by atoms with E-state index in [1.165, 1.54) is 0 Å². The number of hydrazone groups is 1. The van der Waals surface area contributed by atoms with Gasteiger partial charge in [0.1, 0.15) is 36.0 Å². The largest absolute Gasteiger partial charge is 0.394 e. The molecular formula is C24H22Cl2N4O5. The zero-order valence-electron chi connectivity index (χ0n) is 18.1. The van der Waals surface area contributed by atoms with Crippen LogP contribution in [0.5, 0.6) is 0 Å². The Balaban J connectivity index is 1.99. The lowest BCUT2D eigenvalue weighted by Crippen LogP contribution is -2.46. The van der Waals surface area contributed by atoms with Crippen molar-refractivity contribution in [3.63, 3.8) is 0 Å². The van der Waals surface area contributed by atoms with Crippen molar-refractivity contribution in [3.05, 3.63) is 70.2 Å². The molecule has 0 fully saturated rings. The molecule has 1 aromatic heterocycles. The summed E-state index contributed by atoms with van der Waals surface area (Å²) in [6.07, 6.45) is -6.10. The molecule has 0 saturated heterocycles. The first-order chi connectivity index (χ1) is 16.7. The van der Waals surface area contributed by atoms with Gasteiger partial charge in [0.25, 0.3) is 0 Å². The highest BCUT2D eigenvalue weighted by Crippen LogP contribution is 2.33. The van der Waals surface area contributed by atoms with Gasteiger partial charge in [0.2, 0.25) is 0 Å². The number of aliphatic hydroxyl groups is 5. The molecule has 0 saturated carbocycles. The van der Waals surface area contributed by atoms with Gasteiger partial charge in [-0.1, -0.05) is 47.5 Å². The molecule has 0 aliphatic heterocycles. The molecule has 9 nitrogen and oxygen atoms in total. The molecule has 4 atom stereocenters. The SMILES string of the molecule is N#Cc1c(-c2ccc(Cl)cc2)cc(-c2ccc(Cl)cc2)nc1N/N=C/[C@H](O)[C@@H](O)[C@H](O)[C@H](O)CO. The zero-order valence-corrected chi connectivity index (χ0v) is 19.6. The summed E-state index contributed by atoms with van der Waals surface area (Å²) in [4.78, 5) is 4.48. The Kier molecular flexibility index (Phi) is 9.14. The number of aliphatic hydroxyl groups excluding tert-OH is 5. The summed E-state index contributed by atoms with van der Waals surface area (Å²) in [6, 6.07) is 17.7. The summed E-state index contributed by atoms with van der Waals surface area (Å²) in [5.74, 6) is 0.0683. The lowest BCUT2D eigenvalue weighted by molar-refractivity contribution is -0.0999. The molecule has 182 valence electrons. The fraction of sp³-hybridized carbons (Fsp3) is 0.208. The van der Waals surface area contributed by atoms with Gasteiger partial charge in [0.05, 0.1) is 18.5 Å². The fourth-order valence-corrected chi connectivity index (χ4v) is 3.42. The number of benzene rings is 2. The molecule has 0 unspecified atom stereocenters. The maximum Gasteiger partial charge on any atom is 0.165 e. The first-order valence-corrected chi connectivity index (χ1v) is 11.1. The van der Waals surface area contributed by atoms with Crippen LogP contribution in [0.4, 0.5) is 5.82 Å². The first-order valence-electron chi connectivity index (χ1n) is 10.3. The molecule has 0 bridgehead atoms. The van der Waals surface area contributed by atoms with Gasteiger partial charge in [-0.3, -0.25) is 5.43 Å². The van der Waals surface area contributed by atoms with Crippen molar-refractivity contribution in [1.29, 1.82) is 5.26 Å². The number of hydrogen-bond donors (Lipinski definition) is 6. The van der Waals surface area contributed by atoms with Crippen LogP contribution in [0.1, 0.15) is 5.56 Å². The standard InChI is InChI=1S/C24H22Cl2N4O5/c25-15-5-1-13(2-6-15)17-9-19(14-3-7-16(26)8-4-14)29-24(18(17)10-27)30-28-11-20(32)22(34)23(35)21(33)12-31/h1-9,11,20-23,31-35H,12H2,(H,29,30)/b28-11+/t20-,21+,22+,23+/m0/s1. The number of halogens is 2. The van der Waals surface area contributed by atoms with E-state index < -0.39 is 31.0 Å². The lowest BCUT2D eigenvalue weighted by Gasteiger charge is -2.23. The average molecular weight is 517 g/mol. The van der Waals surface area contributed by atoms with Gasteiger partial charge < -0.3 is 25.5 Å². The molecule has 3 rings (SSSR count). The Morgan fingerprint density at radius 2 is 1.51 bits per heavy atom. The number of nitrogens with zero attached hydrogens (tertiary/aromatic N) is 3. The fourth-order valence-electron chi connectivity index (χ4n) is 3.17. The van der Waals surface area contributed by atoms with Gasteiger partial charge in [-0.25, -0.2) is 4.98 Å². The number of nitrogens with one attached hydrogen (secondary N) is 1. The zero-order chi connectivity index (χ0) is 25.5. The van der Waals surface area contributed by atoms with Gasteiger partial charge in [-0.05, 0) is 35.9 Å². The molecule has 6 N–H and O–H groups in total. The van der Waals surface area contributed by atoms with Crippen LogP contribution in [0.3, 0.4) is 0 Å². The van der Waals surface area contributed by atoms with Crippen molar-refractivity contribution >= 4 is 35.2 Å². The van der Waals surface area contributed by atoms with Crippen molar-refractivity contribution in [1.82, 2.24) is 4.98 Å². The quantitative estimate of drug-likeness (QED) is 0.186. The second kappa shape index (κ2) is 12.1. The lowest BCUT2D eigenvalue weighted by atomic mass is 9.98. The minimum atomic E-state index is -1.82. The van der Waals surface area contributed by atoms with Gasteiger partial charge >= 0.3 is 0 Å². The molecule has 11 heteroatoms. The Bertz CT molecular complexity index is 1220. The van der Waals surface area contributed by atoms with Gasteiger partial charge in [-0.15, -0.1) is 0 Å². The number of rotatable bonds is 9. The van der Waals surface area contributed by atoms with Crippen LogP contribution in [0.25, 0.3) is 22.4 Å². The Morgan fingerprint density at radius 1 is 0.943 bits per heavy atom. The van der Waals surface area contributed by atoms with Crippen molar-refractivity contribution in [2.75, 3.05) is 12.0 Å². The van der Waals surface area contributed by atoms with E-state index in [-0.39, 0.29) is 11.4 Å². The molecule has 0 radical (unpaired) electrons. The summed E-state index contributed by atoms with van der Waals surface area (Å²) in [6.45, 7) is -0.805. The second-order valence-electron chi connectivity index (χ2n) is 7.52. The predicted octanol–water partition coefficient (Wildman–Crippen LogP) is 2.43. The summed E-state index contributed by atoms with van der Waals surface area (Å²) in [5.41, 5.74) is 5.23. The minimum Gasteiger partial charge on any atom is -0.394 e. The third-order valence-electron chi connectivity index (χ3n) is 5.11. The number of hydrogen-bond acceptors (Lipinski definition) is 9. The number of nitriles is 1. The smallest absolute Gasteiger partial charge is 0.165 e. The van der Waals surface area contributed by atoms with Crippen LogP contribution in [-0.4, -0.2) is 67.8 Å². The van der Waals surface area contributed by atoms with Crippen LogP contribution in [0, 0.1) is 11.3 Å². The van der Waals surface area contributed by atoms with Crippen molar-refractivity contribution in [3.8, 4) is 28.5 Å². The van der Waals surface area contributed by atoms with Gasteiger partial charge in [0, 0.05) is 21.2 Å². The minimum absolute atomic E-state index is 0.0683. The van der Waals surface area contributed by atoms with E-state index in [9.17, 15) is 25.7 Å². The highest BCUT2D eigenvalue weighted by molar-refractivity contribution is 6.30. The third-order valence-corrected chi connectivity index (χ3v) is 5.61. The summed E-state index contributed by atoms with van der Waals surface area (Å²) >= 11 is 12.0. The molecule has 35 heavy (non-hydrogen) atoms. The Hall–Kier alpha value is -3.07. The Morgan fingerprint density at radius 3 is 2.06 bits per heavy atom. The van der Waals surface area contributed by atoms with E-state index in [0.29, 0.717) is 26.9 Å². The van der Waals surface area contributed by atoms with Crippen LogP contribution in [0.15, 0.2) is 59.7 Å².